The minimum atomic E-state index is -0.498. The van der Waals surface area contributed by atoms with Gasteiger partial charge in [0.15, 0.2) is 0 Å². The average Bonchev–Trinajstić information content (AvgIpc) is 2.86. The molecule has 2 rings (SSSR count). The molecule has 6 heteroatoms. The van der Waals surface area contributed by atoms with Gasteiger partial charge in [0, 0.05) is 18.3 Å². The van der Waals surface area contributed by atoms with Gasteiger partial charge in [0.05, 0.1) is 11.1 Å². The van der Waals surface area contributed by atoms with Crippen molar-refractivity contribution in [2.75, 3.05) is 18.9 Å². The minimum absolute atomic E-state index is 0.00709. The van der Waals surface area contributed by atoms with Gasteiger partial charge in [-0.1, -0.05) is 11.6 Å². The summed E-state index contributed by atoms with van der Waals surface area (Å²) < 4.78 is 11.2. The number of amides is 1. The van der Waals surface area contributed by atoms with Gasteiger partial charge in [-0.15, -0.1) is 0 Å². The lowest BCUT2D eigenvalue weighted by Gasteiger charge is -2.28. The van der Waals surface area contributed by atoms with E-state index in [0.717, 1.165) is 12.8 Å². The zero-order valence-electron chi connectivity index (χ0n) is 13.3. The monoisotopic (exact) mass is 326 g/mol. The molecule has 1 aliphatic heterocycles. The summed E-state index contributed by atoms with van der Waals surface area (Å²) in [6, 6.07) is 5.10. The van der Waals surface area contributed by atoms with Gasteiger partial charge in [0.2, 0.25) is 0 Å². The number of carbonyl (C=O) groups is 1. The molecule has 0 spiro atoms. The fraction of sp³-hybridized carbons (Fsp3) is 0.562. The lowest BCUT2D eigenvalue weighted by atomic mass is 10.2. The van der Waals surface area contributed by atoms with Crippen LogP contribution in [0.2, 0.25) is 5.02 Å². The highest BCUT2D eigenvalue weighted by atomic mass is 35.5. The van der Waals surface area contributed by atoms with E-state index in [9.17, 15) is 4.79 Å². The van der Waals surface area contributed by atoms with E-state index < -0.39 is 5.60 Å². The van der Waals surface area contributed by atoms with Crippen LogP contribution in [0.1, 0.15) is 33.6 Å². The van der Waals surface area contributed by atoms with Crippen LogP contribution in [0.25, 0.3) is 0 Å². The summed E-state index contributed by atoms with van der Waals surface area (Å²) in [6.07, 6.45) is 1.54. The van der Waals surface area contributed by atoms with Crippen LogP contribution in [0, 0.1) is 0 Å². The van der Waals surface area contributed by atoms with E-state index in [1.54, 1.807) is 23.1 Å². The summed E-state index contributed by atoms with van der Waals surface area (Å²) in [4.78, 5) is 13.9. The van der Waals surface area contributed by atoms with E-state index in [2.05, 4.69) is 0 Å². The first-order valence-corrected chi connectivity index (χ1v) is 7.81. The van der Waals surface area contributed by atoms with E-state index in [0.29, 0.717) is 29.6 Å². The number of nitrogens with two attached hydrogens (primary N) is 1. The Labute approximate surface area is 136 Å². The lowest BCUT2D eigenvalue weighted by Crippen LogP contribution is -2.42. The summed E-state index contributed by atoms with van der Waals surface area (Å²) in [5.74, 6) is 0.540. The number of nitrogen functional groups attached to an aromatic ring is 1. The number of benzene rings is 1. The van der Waals surface area contributed by atoms with Gasteiger partial charge in [-0.3, -0.25) is 0 Å². The molecular formula is C16H23ClN2O3. The maximum Gasteiger partial charge on any atom is 0.410 e. The van der Waals surface area contributed by atoms with Crippen LogP contribution in [-0.4, -0.2) is 35.8 Å². The highest BCUT2D eigenvalue weighted by Crippen LogP contribution is 2.28. The Morgan fingerprint density at radius 2 is 2.18 bits per heavy atom. The molecule has 1 aromatic carbocycles. The summed E-state index contributed by atoms with van der Waals surface area (Å²) in [5.41, 5.74) is 5.83. The van der Waals surface area contributed by atoms with Crippen LogP contribution in [-0.2, 0) is 4.74 Å². The van der Waals surface area contributed by atoms with Crippen molar-refractivity contribution >= 4 is 23.4 Å². The maximum absolute atomic E-state index is 12.2. The normalized spacial score (nSPS) is 18.4. The second-order valence-corrected chi connectivity index (χ2v) is 6.88. The first-order chi connectivity index (χ1) is 10.3. The fourth-order valence-corrected chi connectivity index (χ4v) is 2.56. The van der Waals surface area contributed by atoms with Crippen molar-refractivity contribution in [3.8, 4) is 5.75 Å². The summed E-state index contributed by atoms with van der Waals surface area (Å²) >= 11 is 6.08. The molecule has 0 unspecified atom stereocenters. The van der Waals surface area contributed by atoms with Gasteiger partial charge in [-0.05, 0) is 45.7 Å². The van der Waals surface area contributed by atoms with Crippen molar-refractivity contribution in [1.29, 1.82) is 0 Å². The highest BCUT2D eigenvalue weighted by Gasteiger charge is 2.32. The SMILES string of the molecule is CC(C)(C)OC(=O)N1CCC[C@@H]1COc1cc(N)ccc1Cl. The smallest absolute Gasteiger partial charge is 0.410 e. The zero-order chi connectivity index (χ0) is 16.3. The predicted molar refractivity (Wildman–Crippen MR) is 87.3 cm³/mol. The molecule has 0 aliphatic carbocycles. The molecule has 1 aliphatic rings. The van der Waals surface area contributed by atoms with Crippen LogP contribution < -0.4 is 10.5 Å². The molecule has 2 N–H and O–H groups in total. The van der Waals surface area contributed by atoms with Crippen LogP contribution >= 0.6 is 11.6 Å². The summed E-state index contributed by atoms with van der Waals surface area (Å²) in [5, 5.41) is 0.510. The summed E-state index contributed by atoms with van der Waals surface area (Å²) in [6.45, 7) is 6.65. The molecule has 1 saturated heterocycles. The number of anilines is 1. The van der Waals surface area contributed by atoms with Crippen LogP contribution in [0.4, 0.5) is 10.5 Å². The van der Waals surface area contributed by atoms with Gasteiger partial charge < -0.3 is 20.1 Å². The molecule has 1 heterocycles. The largest absolute Gasteiger partial charge is 0.490 e. The highest BCUT2D eigenvalue weighted by molar-refractivity contribution is 6.32. The summed E-state index contributed by atoms with van der Waals surface area (Å²) in [7, 11) is 0. The van der Waals surface area contributed by atoms with Gasteiger partial charge in [0.25, 0.3) is 0 Å². The quantitative estimate of drug-likeness (QED) is 0.860. The molecule has 1 atom stereocenters. The molecule has 1 aromatic rings. The maximum atomic E-state index is 12.2. The van der Waals surface area contributed by atoms with Gasteiger partial charge in [-0.2, -0.15) is 0 Å². The van der Waals surface area contributed by atoms with Crippen molar-refractivity contribution in [3.05, 3.63) is 23.2 Å². The van der Waals surface area contributed by atoms with Crippen molar-refractivity contribution in [2.24, 2.45) is 0 Å². The van der Waals surface area contributed by atoms with Gasteiger partial charge in [0.1, 0.15) is 18.0 Å². The van der Waals surface area contributed by atoms with Crippen LogP contribution in [0.5, 0.6) is 5.75 Å². The Bertz CT molecular complexity index is 543. The van der Waals surface area contributed by atoms with Crippen LogP contribution in [0.3, 0.4) is 0 Å². The molecular weight excluding hydrogens is 304 g/mol. The number of ether oxygens (including phenoxy) is 2. The molecule has 0 bridgehead atoms. The molecule has 1 fully saturated rings. The average molecular weight is 327 g/mol. The molecule has 0 aromatic heterocycles. The second-order valence-electron chi connectivity index (χ2n) is 6.47. The predicted octanol–water partition coefficient (Wildman–Crippen LogP) is 3.70. The number of carbonyl (C=O) groups excluding carboxylic acids is 1. The third-order valence-electron chi connectivity index (χ3n) is 3.39. The molecule has 1 amide bonds. The molecule has 5 nitrogen and oxygen atoms in total. The first-order valence-electron chi connectivity index (χ1n) is 7.44. The van der Waals surface area contributed by atoms with E-state index in [4.69, 9.17) is 26.8 Å². The van der Waals surface area contributed by atoms with E-state index in [-0.39, 0.29) is 12.1 Å². The topological polar surface area (TPSA) is 64.8 Å². The molecule has 122 valence electrons. The third-order valence-corrected chi connectivity index (χ3v) is 3.70. The van der Waals surface area contributed by atoms with Crippen molar-refractivity contribution in [3.63, 3.8) is 0 Å². The third kappa shape index (κ3) is 4.44. The fourth-order valence-electron chi connectivity index (χ4n) is 2.39. The first kappa shape index (κ1) is 16.7. The Balaban J connectivity index is 1.97. The van der Waals surface area contributed by atoms with E-state index in [1.807, 2.05) is 20.8 Å². The van der Waals surface area contributed by atoms with E-state index in [1.165, 1.54) is 0 Å². The zero-order valence-corrected chi connectivity index (χ0v) is 14.0. The van der Waals surface area contributed by atoms with Gasteiger partial charge >= 0.3 is 6.09 Å². The molecule has 0 radical (unpaired) electrons. The van der Waals surface area contributed by atoms with Crippen molar-refractivity contribution < 1.29 is 14.3 Å². The second kappa shape index (κ2) is 6.65. The number of nitrogens with zero attached hydrogens (tertiary/aromatic N) is 1. The lowest BCUT2D eigenvalue weighted by molar-refractivity contribution is 0.0187. The van der Waals surface area contributed by atoms with Crippen molar-refractivity contribution in [1.82, 2.24) is 4.90 Å². The number of rotatable bonds is 3. The number of hydrogen-bond donors (Lipinski definition) is 1. The minimum Gasteiger partial charge on any atom is -0.490 e. The number of likely N-dealkylation sites (tertiary alicyclic amines) is 1. The number of hydrogen-bond acceptors (Lipinski definition) is 4. The van der Waals surface area contributed by atoms with Crippen molar-refractivity contribution in [2.45, 2.75) is 45.3 Å². The van der Waals surface area contributed by atoms with E-state index >= 15 is 0 Å². The Hall–Kier alpha value is -1.62. The number of halogens is 1. The standard InChI is InChI=1S/C16H23ClN2O3/c1-16(2,3)22-15(20)19-8-4-5-12(19)10-21-14-9-11(18)6-7-13(14)17/h6-7,9,12H,4-5,8,10,18H2,1-3H3/t12-/m1/s1. The Morgan fingerprint density at radius 1 is 1.45 bits per heavy atom. The molecule has 0 saturated carbocycles. The molecule has 22 heavy (non-hydrogen) atoms. The Morgan fingerprint density at radius 3 is 2.86 bits per heavy atom. The van der Waals surface area contributed by atoms with Gasteiger partial charge in [-0.25, -0.2) is 4.79 Å². The van der Waals surface area contributed by atoms with Crippen LogP contribution in [0.15, 0.2) is 18.2 Å². The Kier molecular flexibility index (Phi) is 5.06.